The lowest BCUT2D eigenvalue weighted by Crippen LogP contribution is -2.49. The van der Waals surface area contributed by atoms with Gasteiger partial charge in [-0.1, -0.05) is 6.58 Å². The third kappa shape index (κ3) is 8.12. The number of nitrogens with two attached hydrogens (primary N) is 2. The standard InChI is InChI=1S/C39H42F4N12O6/c1-7-54-28(14-21(3)48-54)34(59)46-36-50(5)26-16-23(32(44)57)10-11-25(26)52(36)19-38(40,41)39(42,43)20-53-31-27(17-24(33(45)58)18-30(31)61-13-9-12-56)51(6)37(53)47-35(60)29-15-22(4)49-55(29)8-2/h7,10-11,14-18,56H,1,8-9,12-13,19-20H2,2-6H3,(H2,44,57)(H2,45,58)/b46-36+,47-37+. The first-order valence-electron chi connectivity index (χ1n) is 18.7. The Bertz CT molecular complexity index is 2910. The van der Waals surface area contributed by atoms with Crippen LogP contribution < -0.4 is 27.4 Å². The Morgan fingerprint density at radius 3 is 1.97 bits per heavy atom. The van der Waals surface area contributed by atoms with Crippen molar-refractivity contribution in [3.05, 3.63) is 94.2 Å². The van der Waals surface area contributed by atoms with E-state index in [1.807, 2.05) is 0 Å². The smallest absolute Gasteiger partial charge is 0.329 e. The number of aryl methyl sites for hydroxylation is 5. The number of benzene rings is 2. The molecule has 0 radical (unpaired) electrons. The SMILES string of the molecule is C=Cn1nc(C)cc1C(=O)/N=c1\n(C)c2cc(C(N)=O)ccc2n1CC(F)(F)C(F)(F)Cn1/c(=N/C(=O)c2cc(C)nn2CC)n(C)c2cc(C(N)=O)cc(OCCCO)c21. The molecule has 0 aliphatic carbocycles. The molecule has 0 aliphatic rings. The average molecular weight is 851 g/mol. The number of alkyl halides is 4. The zero-order valence-corrected chi connectivity index (χ0v) is 33.7. The highest BCUT2D eigenvalue weighted by molar-refractivity contribution is 5.99. The third-order valence-corrected chi connectivity index (χ3v) is 9.85. The summed E-state index contributed by atoms with van der Waals surface area (Å²) < 4.78 is 79.0. The molecule has 0 fully saturated rings. The van der Waals surface area contributed by atoms with Gasteiger partial charge in [0.25, 0.3) is 11.8 Å². The number of imidazole rings is 2. The summed E-state index contributed by atoms with van der Waals surface area (Å²) in [6.45, 7) is 4.66. The molecular weight excluding hydrogens is 808 g/mol. The maximum atomic E-state index is 16.8. The van der Waals surface area contributed by atoms with Crippen molar-refractivity contribution < 1.29 is 46.6 Å². The van der Waals surface area contributed by atoms with Gasteiger partial charge >= 0.3 is 11.8 Å². The first-order chi connectivity index (χ1) is 28.7. The van der Waals surface area contributed by atoms with Crippen LogP contribution in [0.4, 0.5) is 17.6 Å². The number of amides is 4. The van der Waals surface area contributed by atoms with Crippen LogP contribution >= 0.6 is 0 Å². The Balaban J connectivity index is 1.56. The van der Waals surface area contributed by atoms with Gasteiger partial charge in [0.1, 0.15) is 22.7 Å². The van der Waals surface area contributed by atoms with Gasteiger partial charge in [0.2, 0.25) is 23.1 Å². The van der Waals surface area contributed by atoms with Crippen LogP contribution in [0.15, 0.2) is 59.0 Å². The van der Waals surface area contributed by atoms with E-state index in [0.717, 1.165) is 15.3 Å². The molecule has 4 amide bonds. The molecule has 0 atom stereocenters. The van der Waals surface area contributed by atoms with Crippen molar-refractivity contribution in [1.29, 1.82) is 0 Å². The minimum Gasteiger partial charge on any atom is -0.491 e. The molecule has 322 valence electrons. The van der Waals surface area contributed by atoms with E-state index in [-0.39, 0.29) is 76.5 Å². The van der Waals surface area contributed by atoms with Crippen LogP contribution in [0.25, 0.3) is 28.3 Å². The van der Waals surface area contributed by atoms with Gasteiger partial charge < -0.3 is 39.6 Å². The zero-order valence-electron chi connectivity index (χ0n) is 33.7. The fraction of sp³-hybridized carbons (Fsp3) is 0.333. The molecular formula is C39H42F4N12O6. The number of nitrogens with zero attached hydrogens (tertiary/aromatic N) is 10. The van der Waals surface area contributed by atoms with Crippen molar-refractivity contribution in [3.8, 4) is 5.75 Å². The maximum absolute atomic E-state index is 16.8. The van der Waals surface area contributed by atoms with Crippen molar-refractivity contribution in [3.63, 3.8) is 0 Å². The lowest BCUT2D eigenvalue weighted by Gasteiger charge is -2.28. The molecule has 0 saturated carbocycles. The van der Waals surface area contributed by atoms with Gasteiger partial charge in [-0.3, -0.25) is 23.9 Å². The first-order valence-corrected chi connectivity index (χ1v) is 18.7. The topological polar surface area (TPSA) is 230 Å². The number of aromatic nitrogens is 8. The number of ether oxygens (including phenoxy) is 1. The van der Waals surface area contributed by atoms with Gasteiger partial charge in [0, 0.05) is 51.0 Å². The van der Waals surface area contributed by atoms with Crippen LogP contribution in [-0.2, 0) is 33.7 Å². The molecule has 0 spiro atoms. The summed E-state index contributed by atoms with van der Waals surface area (Å²) in [6.07, 6.45) is 1.28. The predicted octanol–water partition coefficient (Wildman–Crippen LogP) is 2.82. The van der Waals surface area contributed by atoms with E-state index in [4.69, 9.17) is 16.2 Å². The number of carbonyl (C=O) groups is 4. The van der Waals surface area contributed by atoms with E-state index >= 15 is 17.6 Å². The summed E-state index contributed by atoms with van der Waals surface area (Å²) in [6, 6.07) is 8.80. The molecule has 2 aromatic carbocycles. The highest BCUT2D eigenvalue weighted by Crippen LogP contribution is 2.39. The lowest BCUT2D eigenvalue weighted by atomic mass is 10.1. The van der Waals surface area contributed by atoms with Gasteiger partial charge in [-0.05, 0) is 63.2 Å². The molecule has 22 heteroatoms. The molecule has 0 unspecified atom stereocenters. The van der Waals surface area contributed by atoms with Crippen molar-refractivity contribution in [2.45, 2.75) is 58.7 Å². The van der Waals surface area contributed by atoms with Crippen LogP contribution in [-0.4, -0.2) is 91.6 Å². The van der Waals surface area contributed by atoms with Crippen LogP contribution in [0.5, 0.6) is 5.75 Å². The summed E-state index contributed by atoms with van der Waals surface area (Å²) in [7, 11) is 2.66. The first kappa shape index (κ1) is 43.5. The number of fused-ring (bicyclic) bond motifs is 2. The number of halogens is 4. The van der Waals surface area contributed by atoms with Crippen molar-refractivity contribution in [1.82, 2.24) is 37.8 Å². The normalized spacial score (nSPS) is 12.8. The highest BCUT2D eigenvalue weighted by Gasteiger charge is 2.57. The Morgan fingerprint density at radius 2 is 1.36 bits per heavy atom. The van der Waals surface area contributed by atoms with E-state index in [9.17, 15) is 24.3 Å². The molecule has 18 nitrogen and oxygen atoms in total. The highest BCUT2D eigenvalue weighted by atomic mass is 19.3. The molecule has 4 heterocycles. The second-order valence-electron chi connectivity index (χ2n) is 14.1. The summed E-state index contributed by atoms with van der Waals surface area (Å²) >= 11 is 0. The van der Waals surface area contributed by atoms with Crippen molar-refractivity contribution in [2.75, 3.05) is 13.2 Å². The lowest BCUT2D eigenvalue weighted by molar-refractivity contribution is -0.221. The van der Waals surface area contributed by atoms with Crippen LogP contribution in [0.1, 0.15) is 66.4 Å². The molecule has 5 N–H and O–H groups in total. The molecule has 61 heavy (non-hydrogen) atoms. The maximum Gasteiger partial charge on any atom is 0.329 e. The number of carbonyl (C=O) groups excluding carboxylic acids is 4. The van der Waals surface area contributed by atoms with Gasteiger partial charge in [0.05, 0.1) is 47.6 Å². The fourth-order valence-corrected chi connectivity index (χ4v) is 6.85. The van der Waals surface area contributed by atoms with E-state index in [1.165, 1.54) is 65.9 Å². The van der Waals surface area contributed by atoms with Gasteiger partial charge in [0.15, 0.2) is 0 Å². The second kappa shape index (κ2) is 16.5. The number of rotatable bonds is 15. The largest absolute Gasteiger partial charge is 0.491 e. The Morgan fingerprint density at radius 1 is 0.803 bits per heavy atom. The van der Waals surface area contributed by atoms with E-state index in [0.29, 0.717) is 20.5 Å². The molecule has 4 aromatic heterocycles. The monoisotopic (exact) mass is 850 g/mol. The third-order valence-electron chi connectivity index (χ3n) is 9.85. The van der Waals surface area contributed by atoms with Crippen molar-refractivity contribution >= 4 is 51.9 Å². The Kier molecular flexibility index (Phi) is 11.8. The summed E-state index contributed by atoms with van der Waals surface area (Å²) in [5.74, 6) is -13.9. The Labute approximate surface area is 343 Å². The molecule has 0 bridgehead atoms. The zero-order chi connectivity index (χ0) is 44.7. The quantitative estimate of drug-likeness (QED) is 0.103. The Hall–Kier alpha value is -7.10. The minimum atomic E-state index is -4.99. The van der Waals surface area contributed by atoms with E-state index in [1.54, 1.807) is 20.8 Å². The van der Waals surface area contributed by atoms with Gasteiger partial charge in [-0.2, -0.15) is 37.7 Å². The van der Waals surface area contributed by atoms with Crippen LogP contribution in [0, 0.1) is 13.8 Å². The second-order valence-corrected chi connectivity index (χ2v) is 14.1. The van der Waals surface area contributed by atoms with Crippen LogP contribution in [0.2, 0.25) is 0 Å². The molecule has 0 aliphatic heterocycles. The summed E-state index contributed by atoms with van der Waals surface area (Å²) in [5.41, 5.74) is 10.2. The minimum absolute atomic E-state index is 0.0184. The van der Waals surface area contributed by atoms with Gasteiger partial charge in [-0.25, -0.2) is 4.68 Å². The number of hydrogen-bond acceptors (Lipinski definition) is 8. The number of primary amides is 2. The number of aliphatic hydroxyl groups is 1. The molecule has 0 saturated heterocycles. The number of aliphatic hydroxyl groups excluding tert-OH is 1. The van der Waals surface area contributed by atoms with Crippen LogP contribution in [0.3, 0.4) is 0 Å². The van der Waals surface area contributed by atoms with Crippen molar-refractivity contribution in [2.24, 2.45) is 35.5 Å². The summed E-state index contributed by atoms with van der Waals surface area (Å²) in [5, 5.41) is 17.8. The number of hydrogen-bond donors (Lipinski definition) is 3. The molecule has 6 aromatic rings. The molecule has 6 rings (SSSR count). The van der Waals surface area contributed by atoms with E-state index < -0.39 is 59.8 Å². The fourth-order valence-electron chi connectivity index (χ4n) is 6.85. The van der Waals surface area contributed by atoms with E-state index in [2.05, 4.69) is 26.8 Å². The average Bonchev–Trinajstić information content (AvgIpc) is 3.92. The summed E-state index contributed by atoms with van der Waals surface area (Å²) in [4.78, 5) is 59.9. The predicted molar refractivity (Wildman–Crippen MR) is 212 cm³/mol. The van der Waals surface area contributed by atoms with Gasteiger partial charge in [-0.15, -0.1) is 0 Å².